The summed E-state index contributed by atoms with van der Waals surface area (Å²) in [6, 6.07) is 7.67. The molecule has 21 heavy (non-hydrogen) atoms. The summed E-state index contributed by atoms with van der Waals surface area (Å²) in [4.78, 5) is 8.12. The number of hydrogen-bond acceptors (Lipinski definition) is 7. The van der Waals surface area contributed by atoms with Crippen molar-refractivity contribution in [2.45, 2.75) is 10.8 Å². The highest BCUT2D eigenvalue weighted by Gasteiger charge is 2.10. The highest BCUT2D eigenvalue weighted by Crippen LogP contribution is 2.26. The number of aromatic nitrogens is 4. The van der Waals surface area contributed by atoms with E-state index in [0.717, 1.165) is 10.0 Å². The molecule has 0 saturated heterocycles. The van der Waals surface area contributed by atoms with Gasteiger partial charge in [0.15, 0.2) is 5.82 Å². The van der Waals surface area contributed by atoms with Crippen LogP contribution in [0.5, 0.6) is 0 Å². The van der Waals surface area contributed by atoms with Crippen molar-refractivity contribution in [3.63, 3.8) is 0 Å². The Morgan fingerprint density at radius 1 is 1.10 bits per heavy atom. The molecule has 0 aliphatic carbocycles. The molecule has 2 heterocycles. The van der Waals surface area contributed by atoms with E-state index in [1.54, 1.807) is 12.4 Å². The van der Waals surface area contributed by atoms with E-state index in [1.807, 2.05) is 24.3 Å². The molecule has 0 amide bonds. The van der Waals surface area contributed by atoms with Crippen LogP contribution in [0.2, 0.25) is 0 Å². The fraction of sp³-hybridized carbons (Fsp3) is 0.0769. The second-order valence-corrected chi connectivity index (χ2v) is 5.92. The van der Waals surface area contributed by atoms with Crippen LogP contribution < -0.4 is 5.73 Å². The third-order valence-electron chi connectivity index (χ3n) is 2.58. The molecule has 1 aromatic carbocycles. The van der Waals surface area contributed by atoms with Crippen LogP contribution in [-0.4, -0.2) is 20.2 Å². The maximum atomic E-state index is 5.73. The quantitative estimate of drug-likeness (QED) is 0.711. The zero-order valence-corrected chi connectivity index (χ0v) is 13.1. The monoisotopic (exact) mass is 363 g/mol. The first-order valence-corrected chi connectivity index (χ1v) is 7.78. The SMILES string of the molecule is Nc1nccnc1SCc1nnc(-c2ccc(Br)cc2)o1. The van der Waals surface area contributed by atoms with Gasteiger partial charge in [0.2, 0.25) is 11.8 Å². The molecule has 106 valence electrons. The number of anilines is 1. The van der Waals surface area contributed by atoms with Crippen molar-refractivity contribution in [3.8, 4) is 11.5 Å². The molecule has 0 aliphatic rings. The zero-order valence-electron chi connectivity index (χ0n) is 10.7. The second-order valence-electron chi connectivity index (χ2n) is 4.04. The normalized spacial score (nSPS) is 10.7. The van der Waals surface area contributed by atoms with E-state index in [4.69, 9.17) is 10.2 Å². The molecule has 3 aromatic rings. The summed E-state index contributed by atoms with van der Waals surface area (Å²) >= 11 is 4.79. The lowest BCUT2D eigenvalue weighted by atomic mass is 10.2. The number of halogens is 1. The van der Waals surface area contributed by atoms with Gasteiger partial charge >= 0.3 is 0 Å². The van der Waals surface area contributed by atoms with E-state index in [2.05, 4.69) is 36.1 Å². The van der Waals surface area contributed by atoms with Gasteiger partial charge in [-0.3, -0.25) is 0 Å². The Kier molecular flexibility index (Phi) is 4.16. The molecule has 2 N–H and O–H groups in total. The average molecular weight is 364 g/mol. The number of nitrogens with two attached hydrogens (primary N) is 1. The van der Waals surface area contributed by atoms with E-state index >= 15 is 0 Å². The summed E-state index contributed by atoms with van der Waals surface area (Å²) in [5, 5.41) is 8.71. The maximum absolute atomic E-state index is 5.73. The molecule has 0 unspecified atom stereocenters. The van der Waals surface area contributed by atoms with Crippen molar-refractivity contribution in [2.24, 2.45) is 0 Å². The standard InChI is InChI=1S/C13H10BrN5OS/c14-9-3-1-8(2-4-9)12-19-18-10(20-12)7-21-13-11(15)16-5-6-17-13/h1-6H,7H2,(H2,15,16). The number of thioether (sulfide) groups is 1. The van der Waals surface area contributed by atoms with Crippen LogP contribution in [0.15, 0.2) is 50.6 Å². The van der Waals surface area contributed by atoms with Gasteiger partial charge in [0.05, 0.1) is 5.75 Å². The van der Waals surface area contributed by atoms with Crippen molar-refractivity contribution < 1.29 is 4.42 Å². The van der Waals surface area contributed by atoms with Crippen LogP contribution in [-0.2, 0) is 5.75 Å². The predicted molar refractivity (Wildman–Crippen MR) is 83.4 cm³/mol. The Labute approximate surface area is 133 Å². The fourth-order valence-electron chi connectivity index (χ4n) is 1.60. The fourth-order valence-corrected chi connectivity index (χ4v) is 2.58. The van der Waals surface area contributed by atoms with Crippen molar-refractivity contribution in [1.29, 1.82) is 0 Å². The topological polar surface area (TPSA) is 90.7 Å². The van der Waals surface area contributed by atoms with Gasteiger partial charge in [-0.05, 0) is 24.3 Å². The Morgan fingerprint density at radius 2 is 1.86 bits per heavy atom. The summed E-state index contributed by atoms with van der Waals surface area (Å²) in [6.45, 7) is 0. The van der Waals surface area contributed by atoms with Gasteiger partial charge in [-0.15, -0.1) is 10.2 Å². The zero-order chi connectivity index (χ0) is 14.7. The van der Waals surface area contributed by atoms with Crippen LogP contribution in [0.1, 0.15) is 5.89 Å². The smallest absolute Gasteiger partial charge is 0.247 e. The Morgan fingerprint density at radius 3 is 2.62 bits per heavy atom. The average Bonchev–Trinajstić information content (AvgIpc) is 2.96. The molecule has 0 bridgehead atoms. The summed E-state index contributed by atoms with van der Waals surface area (Å²) in [5.74, 6) is 1.90. The van der Waals surface area contributed by atoms with Crippen molar-refractivity contribution in [2.75, 3.05) is 5.73 Å². The number of benzene rings is 1. The molecule has 0 atom stereocenters. The van der Waals surface area contributed by atoms with Gasteiger partial charge in [-0.25, -0.2) is 9.97 Å². The van der Waals surface area contributed by atoms with Gasteiger partial charge in [-0.1, -0.05) is 27.7 Å². The Hall–Kier alpha value is -1.93. The van der Waals surface area contributed by atoms with Gasteiger partial charge in [0.25, 0.3) is 0 Å². The number of hydrogen-bond donors (Lipinski definition) is 1. The van der Waals surface area contributed by atoms with Gasteiger partial charge in [-0.2, -0.15) is 0 Å². The minimum atomic E-state index is 0.398. The minimum absolute atomic E-state index is 0.398. The lowest BCUT2D eigenvalue weighted by molar-refractivity contribution is 0.528. The molecule has 8 heteroatoms. The third kappa shape index (κ3) is 3.40. The summed E-state index contributed by atoms with van der Waals surface area (Å²) in [6.07, 6.45) is 3.15. The predicted octanol–water partition coefficient (Wildman–Crippen LogP) is 3.16. The van der Waals surface area contributed by atoms with E-state index in [1.165, 1.54) is 11.8 Å². The van der Waals surface area contributed by atoms with Crippen LogP contribution in [0, 0.1) is 0 Å². The lowest BCUT2D eigenvalue weighted by Crippen LogP contribution is -1.94. The van der Waals surface area contributed by atoms with Crippen LogP contribution in [0.4, 0.5) is 5.82 Å². The van der Waals surface area contributed by atoms with Crippen LogP contribution >= 0.6 is 27.7 Å². The van der Waals surface area contributed by atoms with E-state index in [-0.39, 0.29) is 0 Å². The number of nitrogens with zero attached hydrogens (tertiary/aromatic N) is 4. The Balaban J connectivity index is 1.71. The molecule has 2 aromatic heterocycles. The summed E-state index contributed by atoms with van der Waals surface area (Å²) < 4.78 is 6.62. The molecule has 0 spiro atoms. The summed E-state index contributed by atoms with van der Waals surface area (Å²) in [7, 11) is 0. The van der Waals surface area contributed by atoms with Crippen molar-refractivity contribution in [1.82, 2.24) is 20.2 Å². The first-order chi connectivity index (χ1) is 10.2. The van der Waals surface area contributed by atoms with Gasteiger partial charge in [0.1, 0.15) is 5.03 Å². The van der Waals surface area contributed by atoms with Crippen LogP contribution in [0.25, 0.3) is 11.5 Å². The lowest BCUT2D eigenvalue weighted by Gasteiger charge is -1.99. The molecule has 3 rings (SSSR count). The maximum Gasteiger partial charge on any atom is 0.247 e. The molecule has 0 radical (unpaired) electrons. The number of nitrogen functional groups attached to an aromatic ring is 1. The van der Waals surface area contributed by atoms with Gasteiger partial charge in [0, 0.05) is 22.4 Å². The van der Waals surface area contributed by atoms with E-state index < -0.39 is 0 Å². The minimum Gasteiger partial charge on any atom is -0.420 e. The van der Waals surface area contributed by atoms with Crippen molar-refractivity contribution >= 4 is 33.5 Å². The van der Waals surface area contributed by atoms with Gasteiger partial charge < -0.3 is 10.2 Å². The highest BCUT2D eigenvalue weighted by molar-refractivity contribution is 9.10. The first kappa shape index (κ1) is 14.0. The molecular weight excluding hydrogens is 354 g/mol. The molecule has 6 nitrogen and oxygen atoms in total. The molecule has 0 aliphatic heterocycles. The highest BCUT2D eigenvalue weighted by atomic mass is 79.9. The second kappa shape index (κ2) is 6.23. The van der Waals surface area contributed by atoms with Crippen LogP contribution in [0.3, 0.4) is 0 Å². The molecule has 0 fully saturated rings. The number of rotatable bonds is 4. The molecule has 0 saturated carbocycles. The summed E-state index contributed by atoms with van der Waals surface area (Å²) in [5.41, 5.74) is 6.61. The molecular formula is C13H10BrN5OS. The third-order valence-corrected chi connectivity index (χ3v) is 4.09. The largest absolute Gasteiger partial charge is 0.420 e. The van der Waals surface area contributed by atoms with E-state index in [0.29, 0.717) is 28.4 Å². The Bertz CT molecular complexity index is 746. The van der Waals surface area contributed by atoms with E-state index in [9.17, 15) is 0 Å². The first-order valence-electron chi connectivity index (χ1n) is 6.00. The van der Waals surface area contributed by atoms with Crippen molar-refractivity contribution in [3.05, 3.63) is 47.0 Å².